The van der Waals surface area contributed by atoms with E-state index in [-0.39, 0.29) is 17.1 Å². The molecule has 126 valence electrons. The smallest absolute Gasteiger partial charge is 0.289 e. The number of amides is 1. The first-order valence-corrected chi connectivity index (χ1v) is 8.14. The molecule has 1 amide bonds. The summed E-state index contributed by atoms with van der Waals surface area (Å²) in [5, 5.41) is 6.55. The second-order valence-electron chi connectivity index (χ2n) is 6.62. The van der Waals surface area contributed by atoms with Crippen LogP contribution in [0.3, 0.4) is 0 Å². The minimum Gasteiger partial charge on any atom is -0.380 e. The van der Waals surface area contributed by atoms with E-state index >= 15 is 0 Å². The lowest BCUT2D eigenvalue weighted by Gasteiger charge is -2.27. The highest BCUT2D eigenvalue weighted by Crippen LogP contribution is 2.41. The van der Waals surface area contributed by atoms with Gasteiger partial charge in [0.1, 0.15) is 0 Å². The van der Waals surface area contributed by atoms with Gasteiger partial charge in [-0.05, 0) is 12.1 Å². The predicted molar refractivity (Wildman–Crippen MR) is 85.1 cm³/mol. The van der Waals surface area contributed by atoms with Gasteiger partial charge in [-0.15, -0.1) is 0 Å². The maximum absolute atomic E-state index is 12.1. The molecule has 4 rings (SSSR count). The molecule has 0 unspecified atom stereocenters. The first-order valence-electron chi connectivity index (χ1n) is 8.14. The fraction of sp³-hybridized carbons (Fsp3) is 0.471. The molecule has 7 nitrogen and oxygen atoms in total. The van der Waals surface area contributed by atoms with Gasteiger partial charge in [-0.25, -0.2) is 0 Å². The monoisotopic (exact) mass is 328 g/mol. The van der Waals surface area contributed by atoms with E-state index < -0.39 is 0 Å². The minimum atomic E-state index is -0.226. The molecule has 4 heterocycles. The van der Waals surface area contributed by atoms with E-state index in [1.165, 1.54) is 6.20 Å². The molecule has 2 fully saturated rings. The molecule has 0 spiro atoms. The molecule has 0 saturated carbocycles. The van der Waals surface area contributed by atoms with Crippen molar-refractivity contribution in [2.45, 2.75) is 6.54 Å². The van der Waals surface area contributed by atoms with Crippen LogP contribution in [0.1, 0.15) is 16.2 Å². The molecule has 2 aliphatic rings. The third-order valence-electron chi connectivity index (χ3n) is 4.97. The van der Waals surface area contributed by atoms with E-state index in [1.807, 2.05) is 24.4 Å². The summed E-state index contributed by atoms with van der Waals surface area (Å²) < 4.78 is 10.6. The second kappa shape index (κ2) is 6.33. The number of ether oxygens (including phenoxy) is 1. The lowest BCUT2D eigenvalue weighted by Crippen LogP contribution is -2.43. The van der Waals surface area contributed by atoms with Gasteiger partial charge in [0, 0.05) is 49.8 Å². The van der Waals surface area contributed by atoms with Crippen molar-refractivity contribution in [1.29, 1.82) is 0 Å². The van der Waals surface area contributed by atoms with Crippen molar-refractivity contribution in [3.63, 3.8) is 0 Å². The van der Waals surface area contributed by atoms with Gasteiger partial charge in [-0.2, -0.15) is 0 Å². The summed E-state index contributed by atoms with van der Waals surface area (Å²) in [5.41, 5.74) is 1.03. The van der Waals surface area contributed by atoms with Crippen molar-refractivity contribution in [1.82, 2.24) is 20.4 Å². The molecule has 0 aromatic carbocycles. The highest BCUT2D eigenvalue weighted by atomic mass is 16.5. The Morgan fingerprint density at radius 1 is 1.38 bits per heavy atom. The predicted octanol–water partition coefficient (Wildman–Crippen LogP) is 0.948. The van der Waals surface area contributed by atoms with Crippen LogP contribution in [0, 0.1) is 11.3 Å². The normalized spacial score (nSPS) is 26.4. The van der Waals surface area contributed by atoms with Crippen LogP contribution < -0.4 is 5.32 Å². The summed E-state index contributed by atoms with van der Waals surface area (Å²) in [4.78, 5) is 18.9. The summed E-state index contributed by atoms with van der Waals surface area (Å²) in [7, 11) is 0. The highest BCUT2D eigenvalue weighted by Gasteiger charge is 2.50. The number of rotatable bonds is 5. The molecular formula is C17H20N4O3. The molecule has 7 heteroatoms. The summed E-state index contributed by atoms with van der Waals surface area (Å²) in [6, 6.07) is 7.55. The maximum Gasteiger partial charge on any atom is 0.289 e. The quantitative estimate of drug-likeness (QED) is 0.880. The van der Waals surface area contributed by atoms with E-state index in [9.17, 15) is 4.79 Å². The zero-order valence-corrected chi connectivity index (χ0v) is 13.4. The number of likely N-dealkylation sites (tertiary alicyclic amines) is 1. The maximum atomic E-state index is 12.1. The minimum absolute atomic E-state index is 0.0372. The SMILES string of the molecule is O=C(NC[C@]12COC[C@H]1CN(Cc1ccccn1)C2)c1ccno1. The van der Waals surface area contributed by atoms with Gasteiger partial charge < -0.3 is 14.6 Å². The Balaban J connectivity index is 1.40. The molecule has 24 heavy (non-hydrogen) atoms. The first kappa shape index (κ1) is 15.3. The van der Waals surface area contributed by atoms with Gasteiger partial charge in [-0.1, -0.05) is 11.2 Å². The summed E-state index contributed by atoms with van der Waals surface area (Å²) >= 11 is 0. The number of hydrogen-bond acceptors (Lipinski definition) is 6. The zero-order valence-electron chi connectivity index (χ0n) is 13.4. The lowest BCUT2D eigenvalue weighted by molar-refractivity contribution is 0.0869. The van der Waals surface area contributed by atoms with Crippen molar-refractivity contribution >= 4 is 5.91 Å². The molecule has 0 radical (unpaired) electrons. The van der Waals surface area contributed by atoms with Crippen LogP contribution in [0.15, 0.2) is 41.2 Å². The molecule has 2 aromatic heterocycles. The van der Waals surface area contributed by atoms with Gasteiger partial charge in [0.2, 0.25) is 5.76 Å². The van der Waals surface area contributed by atoms with Crippen LogP contribution in [-0.4, -0.2) is 53.8 Å². The van der Waals surface area contributed by atoms with Gasteiger partial charge in [-0.3, -0.25) is 14.7 Å². The van der Waals surface area contributed by atoms with Crippen molar-refractivity contribution in [2.24, 2.45) is 11.3 Å². The molecular weight excluding hydrogens is 308 g/mol. The molecule has 2 aromatic rings. The summed E-state index contributed by atoms with van der Waals surface area (Å²) in [6.45, 7) is 4.69. The van der Waals surface area contributed by atoms with Crippen molar-refractivity contribution in [3.8, 4) is 0 Å². The highest BCUT2D eigenvalue weighted by molar-refractivity contribution is 5.91. The standard InChI is InChI=1S/C17H20N4O3/c22-16(15-4-6-20-24-15)19-10-17-11-21(7-13(17)9-23-12-17)8-14-3-1-2-5-18-14/h1-6,13H,7-12H2,(H,19,22)/t13-,17+/m1/s1. The largest absolute Gasteiger partial charge is 0.380 e. The second-order valence-corrected chi connectivity index (χ2v) is 6.62. The fourth-order valence-electron chi connectivity index (χ4n) is 3.71. The average molecular weight is 328 g/mol. The number of fused-ring (bicyclic) bond motifs is 1. The molecule has 0 bridgehead atoms. The van der Waals surface area contributed by atoms with Crippen LogP contribution in [0.25, 0.3) is 0 Å². The number of carbonyl (C=O) groups is 1. The van der Waals surface area contributed by atoms with Crippen LogP contribution in [-0.2, 0) is 11.3 Å². The van der Waals surface area contributed by atoms with Crippen molar-refractivity contribution in [3.05, 3.63) is 48.1 Å². The Morgan fingerprint density at radius 2 is 2.33 bits per heavy atom. The number of aromatic nitrogens is 2. The zero-order chi connectivity index (χ0) is 16.4. The van der Waals surface area contributed by atoms with Gasteiger partial charge in [0.25, 0.3) is 5.91 Å². The van der Waals surface area contributed by atoms with Gasteiger partial charge >= 0.3 is 0 Å². The Hall–Kier alpha value is -2.25. The number of hydrogen-bond donors (Lipinski definition) is 1. The molecule has 2 saturated heterocycles. The number of pyridine rings is 1. The number of nitrogens with one attached hydrogen (secondary N) is 1. The van der Waals surface area contributed by atoms with E-state index in [2.05, 4.69) is 20.4 Å². The van der Waals surface area contributed by atoms with Gasteiger partial charge in [0.05, 0.1) is 25.1 Å². The number of carbonyl (C=O) groups excluding carboxylic acids is 1. The molecule has 1 N–H and O–H groups in total. The van der Waals surface area contributed by atoms with Crippen molar-refractivity contribution < 1.29 is 14.1 Å². The van der Waals surface area contributed by atoms with E-state index in [1.54, 1.807) is 6.07 Å². The Bertz CT molecular complexity index is 691. The lowest BCUT2D eigenvalue weighted by atomic mass is 9.81. The van der Waals surface area contributed by atoms with Crippen LogP contribution in [0.5, 0.6) is 0 Å². The van der Waals surface area contributed by atoms with E-state index in [0.29, 0.717) is 19.1 Å². The number of nitrogens with zero attached hydrogens (tertiary/aromatic N) is 3. The summed E-state index contributed by atoms with van der Waals surface area (Å²) in [5.74, 6) is 0.442. The van der Waals surface area contributed by atoms with Crippen LogP contribution in [0.4, 0.5) is 0 Å². The Kier molecular flexibility index (Phi) is 4.03. The third kappa shape index (κ3) is 2.92. The topological polar surface area (TPSA) is 80.5 Å². The van der Waals surface area contributed by atoms with Crippen LogP contribution >= 0.6 is 0 Å². The van der Waals surface area contributed by atoms with E-state index in [4.69, 9.17) is 9.26 Å². The summed E-state index contributed by atoms with van der Waals surface area (Å²) in [6.07, 6.45) is 3.29. The van der Waals surface area contributed by atoms with Crippen molar-refractivity contribution in [2.75, 3.05) is 32.8 Å². The van der Waals surface area contributed by atoms with Crippen LogP contribution in [0.2, 0.25) is 0 Å². The Labute approximate surface area is 140 Å². The molecule has 2 atom stereocenters. The van der Waals surface area contributed by atoms with Gasteiger partial charge in [0.15, 0.2) is 0 Å². The average Bonchev–Trinajstić information content (AvgIpc) is 3.29. The first-order chi connectivity index (χ1) is 11.8. The van der Waals surface area contributed by atoms with E-state index in [0.717, 1.165) is 31.9 Å². The molecule has 0 aliphatic carbocycles. The fourth-order valence-corrected chi connectivity index (χ4v) is 3.71. The molecule has 2 aliphatic heterocycles. The Morgan fingerprint density at radius 3 is 3.12 bits per heavy atom. The third-order valence-corrected chi connectivity index (χ3v) is 4.97.